The molecule has 0 fully saturated rings. The first-order valence-corrected chi connectivity index (χ1v) is 5.81. The summed E-state index contributed by atoms with van der Waals surface area (Å²) in [5.41, 5.74) is 6.65. The van der Waals surface area contributed by atoms with E-state index in [2.05, 4.69) is 0 Å². The molecule has 0 radical (unpaired) electrons. The molecule has 3 nitrogen and oxygen atoms in total. The Balaban J connectivity index is 2.47. The lowest BCUT2D eigenvalue weighted by Crippen LogP contribution is -1.93. The number of nitrogen functional groups attached to an aromatic ring is 1. The fraction of sp³-hybridized carbons (Fsp3) is 0.455. The minimum absolute atomic E-state index is 0.775. The van der Waals surface area contributed by atoms with Crippen molar-refractivity contribution in [2.24, 2.45) is 0 Å². The first kappa shape index (κ1) is 12.2. The summed E-state index contributed by atoms with van der Waals surface area (Å²) in [4.78, 5) is 1.10. The summed E-state index contributed by atoms with van der Waals surface area (Å²) in [5.74, 6) is 1.82. The van der Waals surface area contributed by atoms with E-state index in [-0.39, 0.29) is 0 Å². The Labute approximate surface area is 94.9 Å². The van der Waals surface area contributed by atoms with Crippen LogP contribution in [0.15, 0.2) is 23.1 Å². The molecule has 0 aliphatic heterocycles. The van der Waals surface area contributed by atoms with E-state index in [1.165, 1.54) is 0 Å². The number of nitrogens with two attached hydrogens (primary N) is 1. The number of methoxy groups -OCH3 is 2. The van der Waals surface area contributed by atoms with Gasteiger partial charge in [0.2, 0.25) is 0 Å². The maximum absolute atomic E-state index is 5.88. The quantitative estimate of drug-likeness (QED) is 0.460. The van der Waals surface area contributed by atoms with E-state index in [9.17, 15) is 0 Å². The molecule has 84 valence electrons. The monoisotopic (exact) mass is 227 g/mol. The Kier molecular flexibility index (Phi) is 5.36. The van der Waals surface area contributed by atoms with E-state index in [1.54, 1.807) is 26.0 Å². The van der Waals surface area contributed by atoms with Crippen LogP contribution in [0.4, 0.5) is 5.69 Å². The van der Waals surface area contributed by atoms with Crippen LogP contribution in [0.2, 0.25) is 0 Å². The normalized spacial score (nSPS) is 10.3. The molecule has 0 amide bonds. The molecule has 0 saturated carbocycles. The van der Waals surface area contributed by atoms with Crippen molar-refractivity contribution in [2.75, 3.05) is 32.3 Å². The van der Waals surface area contributed by atoms with Gasteiger partial charge in [0, 0.05) is 36.1 Å². The highest BCUT2D eigenvalue weighted by Gasteiger charge is 2.01. The van der Waals surface area contributed by atoms with Crippen LogP contribution in [0.3, 0.4) is 0 Å². The molecular weight excluding hydrogens is 210 g/mol. The van der Waals surface area contributed by atoms with Gasteiger partial charge in [-0.05, 0) is 18.6 Å². The van der Waals surface area contributed by atoms with Crippen LogP contribution in [-0.2, 0) is 4.74 Å². The fourth-order valence-corrected chi connectivity index (χ4v) is 2.04. The SMILES string of the molecule is COCCCSc1ccc(OC)cc1N. The Hall–Kier alpha value is -0.870. The molecule has 0 aromatic heterocycles. The topological polar surface area (TPSA) is 44.5 Å². The molecule has 0 heterocycles. The van der Waals surface area contributed by atoms with Crippen molar-refractivity contribution in [1.82, 2.24) is 0 Å². The Morgan fingerprint density at radius 3 is 2.73 bits per heavy atom. The van der Waals surface area contributed by atoms with Crippen molar-refractivity contribution in [3.8, 4) is 5.75 Å². The predicted molar refractivity (Wildman–Crippen MR) is 64.6 cm³/mol. The van der Waals surface area contributed by atoms with E-state index in [4.69, 9.17) is 15.2 Å². The van der Waals surface area contributed by atoms with Crippen molar-refractivity contribution in [3.63, 3.8) is 0 Å². The molecule has 1 aromatic carbocycles. The van der Waals surface area contributed by atoms with Gasteiger partial charge in [0.05, 0.1) is 7.11 Å². The van der Waals surface area contributed by atoms with Crippen LogP contribution in [0.25, 0.3) is 0 Å². The second-order valence-corrected chi connectivity index (χ2v) is 4.24. The third-order valence-electron chi connectivity index (χ3n) is 1.97. The summed E-state index contributed by atoms with van der Waals surface area (Å²) in [5, 5.41) is 0. The van der Waals surface area contributed by atoms with Gasteiger partial charge in [-0.1, -0.05) is 0 Å². The molecule has 0 saturated heterocycles. The van der Waals surface area contributed by atoms with Crippen LogP contribution < -0.4 is 10.5 Å². The zero-order valence-electron chi connectivity index (χ0n) is 9.16. The van der Waals surface area contributed by atoms with Gasteiger partial charge in [-0.25, -0.2) is 0 Å². The van der Waals surface area contributed by atoms with E-state index in [1.807, 2.05) is 18.2 Å². The largest absolute Gasteiger partial charge is 0.497 e. The third kappa shape index (κ3) is 4.01. The highest BCUT2D eigenvalue weighted by Crippen LogP contribution is 2.28. The Morgan fingerprint density at radius 2 is 2.13 bits per heavy atom. The molecular formula is C11H17NO2S. The number of ether oxygens (including phenoxy) is 2. The van der Waals surface area contributed by atoms with E-state index < -0.39 is 0 Å². The number of hydrogen-bond acceptors (Lipinski definition) is 4. The standard InChI is InChI=1S/C11H17NO2S/c1-13-6-3-7-15-11-5-4-9(14-2)8-10(11)12/h4-5,8H,3,6-7,12H2,1-2H3. The van der Waals surface area contributed by atoms with Gasteiger partial charge in [0.15, 0.2) is 0 Å². The van der Waals surface area contributed by atoms with Crippen molar-refractivity contribution < 1.29 is 9.47 Å². The predicted octanol–water partition coefficient (Wildman–Crippen LogP) is 2.41. The lowest BCUT2D eigenvalue weighted by molar-refractivity contribution is 0.200. The fourth-order valence-electron chi connectivity index (χ4n) is 1.17. The van der Waals surface area contributed by atoms with Gasteiger partial charge >= 0.3 is 0 Å². The van der Waals surface area contributed by atoms with Gasteiger partial charge in [0.1, 0.15) is 5.75 Å². The van der Waals surface area contributed by atoms with Crippen LogP contribution >= 0.6 is 11.8 Å². The van der Waals surface area contributed by atoms with Crippen LogP contribution in [0, 0.1) is 0 Å². The van der Waals surface area contributed by atoms with Crippen LogP contribution in [0.1, 0.15) is 6.42 Å². The summed E-state index contributed by atoms with van der Waals surface area (Å²) in [7, 11) is 3.35. The molecule has 0 unspecified atom stereocenters. The highest BCUT2D eigenvalue weighted by atomic mass is 32.2. The Bertz CT molecular complexity index is 305. The number of benzene rings is 1. The summed E-state index contributed by atoms with van der Waals surface area (Å²) < 4.78 is 10.1. The lowest BCUT2D eigenvalue weighted by Gasteiger charge is -2.07. The summed E-state index contributed by atoms with van der Waals surface area (Å²) in [6, 6.07) is 5.76. The van der Waals surface area contributed by atoms with Gasteiger partial charge in [-0.2, -0.15) is 0 Å². The van der Waals surface area contributed by atoms with E-state index in [0.29, 0.717) is 0 Å². The highest BCUT2D eigenvalue weighted by molar-refractivity contribution is 7.99. The van der Waals surface area contributed by atoms with Gasteiger partial charge in [-0.3, -0.25) is 0 Å². The number of hydrogen-bond donors (Lipinski definition) is 1. The Morgan fingerprint density at radius 1 is 1.33 bits per heavy atom. The van der Waals surface area contributed by atoms with Gasteiger partial charge < -0.3 is 15.2 Å². The first-order valence-electron chi connectivity index (χ1n) is 4.83. The molecule has 4 heteroatoms. The van der Waals surface area contributed by atoms with E-state index >= 15 is 0 Å². The summed E-state index contributed by atoms with van der Waals surface area (Å²) in [6.07, 6.45) is 1.03. The average molecular weight is 227 g/mol. The molecule has 1 aromatic rings. The van der Waals surface area contributed by atoms with Crippen molar-refractivity contribution in [2.45, 2.75) is 11.3 Å². The first-order chi connectivity index (χ1) is 7.27. The lowest BCUT2D eigenvalue weighted by atomic mass is 10.3. The summed E-state index contributed by atoms with van der Waals surface area (Å²) >= 11 is 1.75. The zero-order chi connectivity index (χ0) is 11.1. The summed E-state index contributed by atoms with van der Waals surface area (Å²) in [6.45, 7) is 0.795. The second-order valence-electron chi connectivity index (χ2n) is 3.10. The number of anilines is 1. The molecule has 0 aliphatic rings. The maximum atomic E-state index is 5.88. The van der Waals surface area contributed by atoms with Crippen molar-refractivity contribution in [1.29, 1.82) is 0 Å². The smallest absolute Gasteiger partial charge is 0.120 e. The molecule has 0 atom stereocenters. The minimum atomic E-state index is 0.775. The maximum Gasteiger partial charge on any atom is 0.120 e. The molecule has 2 N–H and O–H groups in total. The number of thioether (sulfide) groups is 1. The van der Waals surface area contributed by atoms with Crippen molar-refractivity contribution >= 4 is 17.4 Å². The molecule has 0 aliphatic carbocycles. The second kappa shape index (κ2) is 6.58. The minimum Gasteiger partial charge on any atom is -0.497 e. The zero-order valence-corrected chi connectivity index (χ0v) is 9.97. The molecule has 15 heavy (non-hydrogen) atoms. The van der Waals surface area contributed by atoms with Crippen molar-refractivity contribution in [3.05, 3.63) is 18.2 Å². The van der Waals surface area contributed by atoms with E-state index in [0.717, 1.165) is 35.1 Å². The van der Waals surface area contributed by atoms with Gasteiger partial charge in [0.25, 0.3) is 0 Å². The average Bonchev–Trinajstić information content (AvgIpc) is 2.26. The third-order valence-corrected chi connectivity index (χ3v) is 3.14. The van der Waals surface area contributed by atoms with Gasteiger partial charge in [-0.15, -0.1) is 11.8 Å². The molecule has 0 bridgehead atoms. The van der Waals surface area contributed by atoms with Crippen LogP contribution in [-0.4, -0.2) is 26.6 Å². The van der Waals surface area contributed by atoms with Crippen LogP contribution in [0.5, 0.6) is 5.75 Å². The number of rotatable bonds is 6. The molecule has 0 spiro atoms. The molecule has 1 rings (SSSR count).